The molecule has 0 aliphatic rings. The summed E-state index contributed by atoms with van der Waals surface area (Å²) >= 11 is 9.43. The summed E-state index contributed by atoms with van der Waals surface area (Å²) in [7, 11) is 0. The molecule has 0 atom stereocenters. The molecule has 0 aliphatic carbocycles. The molecule has 108 valence electrons. The average Bonchev–Trinajstić information content (AvgIpc) is 3.04. The topological polar surface area (TPSA) is 0 Å². The van der Waals surface area contributed by atoms with E-state index < -0.39 is 0 Å². The lowest BCUT2D eigenvalue weighted by atomic mass is 10.1. The lowest BCUT2D eigenvalue weighted by molar-refractivity contribution is 0.609. The molecule has 0 fully saturated rings. The molecule has 3 heterocycles. The lowest BCUT2D eigenvalue weighted by Crippen LogP contribution is -1.82. The van der Waals surface area contributed by atoms with Crippen LogP contribution in [0, 0.1) is 0 Å². The van der Waals surface area contributed by atoms with Crippen molar-refractivity contribution in [3.05, 3.63) is 20.8 Å². The van der Waals surface area contributed by atoms with Gasteiger partial charge in [0.05, 0.1) is 11.8 Å². The van der Waals surface area contributed by atoms with Crippen molar-refractivity contribution < 1.29 is 0 Å². The molecule has 0 aromatic carbocycles. The normalized spacial score (nSPS) is 11.9. The van der Waals surface area contributed by atoms with Crippen molar-refractivity contribution in [1.29, 1.82) is 0 Å². The SMILES string of the molecule is CCCCCCCCc1cc2c(s1)sc1sc(Br)cc12. The highest BCUT2D eigenvalue weighted by Crippen LogP contribution is 2.44. The Morgan fingerprint density at radius 3 is 2.40 bits per heavy atom. The number of fused-ring (bicyclic) bond motifs is 3. The lowest BCUT2D eigenvalue weighted by Gasteiger charge is -1.99. The van der Waals surface area contributed by atoms with Gasteiger partial charge >= 0.3 is 0 Å². The van der Waals surface area contributed by atoms with Crippen LogP contribution in [0.4, 0.5) is 0 Å². The first kappa shape index (κ1) is 15.0. The molecule has 0 nitrogen and oxygen atoms in total. The van der Waals surface area contributed by atoms with E-state index in [0.717, 1.165) is 0 Å². The van der Waals surface area contributed by atoms with E-state index in [-0.39, 0.29) is 0 Å². The largest absolute Gasteiger partial charge is 0.129 e. The van der Waals surface area contributed by atoms with Crippen LogP contribution in [0.2, 0.25) is 0 Å². The fourth-order valence-electron chi connectivity index (χ4n) is 2.58. The highest BCUT2D eigenvalue weighted by atomic mass is 79.9. The summed E-state index contributed by atoms with van der Waals surface area (Å²) in [4.78, 5) is 1.57. The summed E-state index contributed by atoms with van der Waals surface area (Å²) < 4.78 is 4.23. The first-order chi connectivity index (χ1) is 9.78. The molecule has 0 amide bonds. The third-order valence-corrected chi connectivity index (χ3v) is 7.90. The molecule has 0 bridgehead atoms. The Morgan fingerprint density at radius 2 is 1.55 bits per heavy atom. The van der Waals surface area contributed by atoms with Crippen LogP contribution in [0.25, 0.3) is 18.8 Å². The van der Waals surface area contributed by atoms with E-state index in [9.17, 15) is 0 Å². The van der Waals surface area contributed by atoms with Crippen molar-refractivity contribution in [3.63, 3.8) is 0 Å². The van der Waals surface area contributed by atoms with Gasteiger partial charge in [-0.2, -0.15) is 0 Å². The summed E-state index contributed by atoms with van der Waals surface area (Å²) in [5.41, 5.74) is 0. The number of unbranched alkanes of at least 4 members (excludes halogenated alkanes) is 5. The fourth-order valence-corrected chi connectivity index (χ4v) is 7.50. The van der Waals surface area contributed by atoms with E-state index >= 15 is 0 Å². The van der Waals surface area contributed by atoms with Gasteiger partial charge in [0.1, 0.15) is 0 Å². The average molecular weight is 387 g/mol. The highest BCUT2D eigenvalue weighted by Gasteiger charge is 2.11. The van der Waals surface area contributed by atoms with Gasteiger partial charge in [0.15, 0.2) is 0 Å². The smallest absolute Gasteiger partial charge is 0.0898 e. The van der Waals surface area contributed by atoms with E-state index in [0.29, 0.717) is 0 Å². The van der Waals surface area contributed by atoms with Crippen molar-refractivity contribution in [2.24, 2.45) is 0 Å². The number of rotatable bonds is 7. The quantitative estimate of drug-likeness (QED) is 0.362. The summed E-state index contributed by atoms with van der Waals surface area (Å²) in [5.74, 6) is 0. The molecule has 0 radical (unpaired) electrons. The molecule has 3 rings (SSSR count). The Bertz CT molecular complexity index is 689. The van der Waals surface area contributed by atoms with Crippen LogP contribution in [-0.2, 0) is 6.42 Å². The number of hydrogen-bond acceptors (Lipinski definition) is 3. The zero-order valence-electron chi connectivity index (χ0n) is 11.7. The summed E-state index contributed by atoms with van der Waals surface area (Å²) in [5, 5.41) is 2.94. The molecule has 0 saturated carbocycles. The van der Waals surface area contributed by atoms with Crippen LogP contribution < -0.4 is 0 Å². The Kier molecular flexibility index (Phi) is 5.18. The van der Waals surface area contributed by atoms with Gasteiger partial charge in [-0.25, -0.2) is 0 Å². The van der Waals surface area contributed by atoms with Crippen molar-refractivity contribution in [3.8, 4) is 0 Å². The van der Waals surface area contributed by atoms with Crippen molar-refractivity contribution in [1.82, 2.24) is 0 Å². The van der Waals surface area contributed by atoms with Gasteiger partial charge in [-0.05, 0) is 40.9 Å². The maximum absolute atomic E-state index is 3.60. The molecular weight excluding hydrogens is 368 g/mol. The van der Waals surface area contributed by atoms with Crippen LogP contribution in [-0.4, -0.2) is 0 Å². The Labute approximate surface area is 141 Å². The molecule has 20 heavy (non-hydrogen) atoms. The van der Waals surface area contributed by atoms with E-state index in [2.05, 4.69) is 35.0 Å². The van der Waals surface area contributed by atoms with E-state index in [4.69, 9.17) is 0 Å². The van der Waals surface area contributed by atoms with Crippen LogP contribution in [0.15, 0.2) is 15.9 Å². The van der Waals surface area contributed by atoms with Crippen molar-refractivity contribution in [2.45, 2.75) is 51.9 Å². The molecule has 0 aliphatic heterocycles. The molecule has 0 saturated heterocycles. The minimum atomic E-state index is 1.25. The van der Waals surface area contributed by atoms with Crippen LogP contribution in [0.5, 0.6) is 0 Å². The molecule has 3 aromatic rings. The molecule has 0 unspecified atom stereocenters. The maximum Gasteiger partial charge on any atom is 0.0898 e. The Morgan fingerprint density at radius 1 is 0.850 bits per heavy atom. The highest BCUT2D eigenvalue weighted by molar-refractivity contribution is 9.11. The third kappa shape index (κ3) is 3.29. The number of halogens is 1. The first-order valence-electron chi connectivity index (χ1n) is 7.38. The number of hydrogen-bond donors (Lipinski definition) is 0. The molecule has 0 N–H and O–H groups in total. The van der Waals surface area contributed by atoms with Crippen molar-refractivity contribution in [2.75, 3.05) is 0 Å². The van der Waals surface area contributed by atoms with Crippen LogP contribution >= 0.6 is 49.9 Å². The zero-order valence-corrected chi connectivity index (χ0v) is 15.7. The maximum atomic E-state index is 3.60. The first-order valence-corrected chi connectivity index (χ1v) is 10.6. The number of aryl methyl sites for hydroxylation is 1. The molecular formula is C16H19BrS3. The van der Waals surface area contributed by atoms with Gasteiger partial charge in [0.2, 0.25) is 0 Å². The summed E-state index contributed by atoms with van der Waals surface area (Å²) in [6, 6.07) is 4.71. The van der Waals surface area contributed by atoms with E-state index in [1.54, 1.807) is 4.88 Å². The van der Waals surface area contributed by atoms with E-state index in [1.807, 2.05) is 34.0 Å². The molecule has 3 aromatic heterocycles. The third-order valence-electron chi connectivity index (χ3n) is 3.67. The van der Waals surface area contributed by atoms with E-state index in [1.165, 1.54) is 67.5 Å². The standard InChI is InChI=1S/C16H19BrS3/c1-2-3-4-5-6-7-8-11-9-12-13-10-14(17)19-16(13)20-15(12)18-11/h9-10H,2-8H2,1H3. The van der Waals surface area contributed by atoms with Gasteiger partial charge in [0, 0.05) is 15.6 Å². The second-order valence-corrected chi connectivity index (χ2v) is 10.4. The Hall–Kier alpha value is 0.1000. The van der Waals surface area contributed by atoms with Crippen LogP contribution in [0.3, 0.4) is 0 Å². The Balaban J connectivity index is 1.61. The second kappa shape index (κ2) is 6.91. The van der Waals surface area contributed by atoms with Gasteiger partial charge in [-0.3, -0.25) is 0 Å². The fraction of sp³-hybridized carbons (Fsp3) is 0.500. The summed E-state index contributed by atoms with van der Waals surface area (Å²) in [6.07, 6.45) is 9.59. The van der Waals surface area contributed by atoms with Crippen LogP contribution in [0.1, 0.15) is 50.3 Å². The minimum absolute atomic E-state index is 1.25. The molecule has 0 spiro atoms. The number of thiophene rings is 3. The second-order valence-electron chi connectivity index (χ2n) is 5.29. The van der Waals surface area contributed by atoms with Gasteiger partial charge in [-0.1, -0.05) is 39.0 Å². The predicted octanol–water partition coefficient (Wildman–Crippen LogP) is 7.84. The summed E-state index contributed by atoms with van der Waals surface area (Å²) in [6.45, 7) is 2.28. The van der Waals surface area contributed by atoms with Gasteiger partial charge < -0.3 is 0 Å². The zero-order chi connectivity index (χ0) is 13.9. The van der Waals surface area contributed by atoms with Gasteiger partial charge in [-0.15, -0.1) is 34.0 Å². The minimum Gasteiger partial charge on any atom is -0.129 e. The monoisotopic (exact) mass is 386 g/mol. The van der Waals surface area contributed by atoms with Gasteiger partial charge in [0.25, 0.3) is 0 Å². The predicted molar refractivity (Wildman–Crippen MR) is 99.9 cm³/mol. The van der Waals surface area contributed by atoms with Crippen molar-refractivity contribution >= 4 is 68.7 Å². The molecule has 4 heteroatoms.